The lowest BCUT2D eigenvalue weighted by Gasteiger charge is -2.36. The molecule has 1 aliphatic heterocycles. The van der Waals surface area contributed by atoms with Gasteiger partial charge in [0.2, 0.25) is 5.88 Å². The summed E-state index contributed by atoms with van der Waals surface area (Å²) < 4.78 is 23.5. The summed E-state index contributed by atoms with van der Waals surface area (Å²) in [6.07, 6.45) is 0.120. The highest BCUT2D eigenvalue weighted by molar-refractivity contribution is 6.74. The molecule has 1 aromatic heterocycles. The molecule has 2 heterocycles. The fourth-order valence-corrected chi connectivity index (χ4v) is 4.38. The lowest BCUT2D eigenvalue weighted by atomic mass is 10.1. The average molecular weight is 499 g/mol. The van der Waals surface area contributed by atoms with Crippen molar-refractivity contribution in [3.8, 4) is 23.3 Å². The van der Waals surface area contributed by atoms with Crippen molar-refractivity contribution in [2.45, 2.75) is 64.5 Å². The normalized spacial score (nSPS) is 18.2. The molecule has 0 bridgehead atoms. The van der Waals surface area contributed by atoms with Gasteiger partial charge in [0, 0.05) is 12.0 Å². The van der Waals surface area contributed by atoms with E-state index in [4.69, 9.17) is 24.4 Å². The van der Waals surface area contributed by atoms with Crippen LogP contribution < -0.4 is 10.5 Å². The van der Waals surface area contributed by atoms with E-state index in [9.17, 15) is 10.1 Å². The predicted molar refractivity (Wildman–Crippen MR) is 134 cm³/mol. The first-order chi connectivity index (χ1) is 16.4. The fraction of sp³-hybridized carbons (Fsp3) is 0.520. The zero-order valence-corrected chi connectivity index (χ0v) is 22.3. The number of carbonyl (C=O) groups excluding carboxylic acids is 1. The van der Waals surface area contributed by atoms with Gasteiger partial charge in [0.15, 0.2) is 19.7 Å². The van der Waals surface area contributed by atoms with Crippen LogP contribution >= 0.6 is 0 Å². The minimum atomic E-state index is -1.90. The molecule has 0 amide bonds. The Labute approximate surface area is 207 Å². The minimum Gasteiger partial charge on any atom is -0.471 e. The third-order valence-electron chi connectivity index (χ3n) is 6.39. The summed E-state index contributed by atoms with van der Waals surface area (Å²) in [5.41, 5.74) is 7.17. The van der Waals surface area contributed by atoms with Gasteiger partial charge >= 0.3 is 5.97 Å². The Hall–Kier alpha value is -3.00. The van der Waals surface area contributed by atoms with E-state index in [1.54, 1.807) is 31.2 Å². The molecule has 10 heteroatoms. The van der Waals surface area contributed by atoms with Crippen molar-refractivity contribution < 1.29 is 23.4 Å². The Morgan fingerprint density at radius 1 is 1.31 bits per heavy atom. The van der Waals surface area contributed by atoms with E-state index in [0.29, 0.717) is 30.8 Å². The number of carbonyl (C=O) groups is 1. The van der Waals surface area contributed by atoms with Gasteiger partial charge in [-0.25, -0.2) is 9.78 Å². The molecule has 0 saturated carbocycles. The van der Waals surface area contributed by atoms with Gasteiger partial charge in [-0.2, -0.15) is 10.2 Å². The maximum Gasteiger partial charge on any atom is 0.347 e. The highest BCUT2D eigenvalue weighted by atomic mass is 28.4. The number of nitriles is 1. The van der Waals surface area contributed by atoms with Crippen LogP contribution in [0.2, 0.25) is 18.1 Å². The third kappa shape index (κ3) is 6.36. The van der Waals surface area contributed by atoms with Crippen LogP contribution in [0.1, 0.15) is 50.0 Å². The lowest BCUT2D eigenvalue weighted by Crippen LogP contribution is -2.42. The maximum atomic E-state index is 12.6. The van der Waals surface area contributed by atoms with Crippen LogP contribution in [0.4, 0.5) is 5.82 Å². The highest BCUT2D eigenvalue weighted by Gasteiger charge is 2.39. The summed E-state index contributed by atoms with van der Waals surface area (Å²) in [6.45, 7) is 13.7. The molecule has 1 saturated heterocycles. The number of benzene rings is 1. The monoisotopic (exact) mass is 498 g/mol. The Balaban J connectivity index is 1.82. The molecule has 0 radical (unpaired) electrons. The van der Waals surface area contributed by atoms with Crippen LogP contribution in [0.5, 0.6) is 5.88 Å². The zero-order valence-electron chi connectivity index (χ0n) is 21.3. The summed E-state index contributed by atoms with van der Waals surface area (Å²) in [7, 11) is -1.90. The van der Waals surface area contributed by atoms with E-state index in [1.165, 1.54) is 0 Å². The summed E-state index contributed by atoms with van der Waals surface area (Å²) in [6, 6.07) is 8.91. The number of anilines is 1. The van der Waals surface area contributed by atoms with Gasteiger partial charge < -0.3 is 24.4 Å². The van der Waals surface area contributed by atoms with Crippen LogP contribution in [-0.2, 0) is 13.9 Å². The molecule has 1 aliphatic rings. The number of aromatic nitrogens is 2. The maximum absolute atomic E-state index is 12.6. The summed E-state index contributed by atoms with van der Waals surface area (Å²) in [5.74, 6) is -0.427. The molecule has 1 fully saturated rings. The van der Waals surface area contributed by atoms with E-state index in [2.05, 4.69) is 49.9 Å². The topological polar surface area (TPSA) is 130 Å². The Morgan fingerprint density at radius 3 is 2.71 bits per heavy atom. The van der Waals surface area contributed by atoms with Gasteiger partial charge in [-0.05, 0) is 37.2 Å². The largest absolute Gasteiger partial charge is 0.471 e. The summed E-state index contributed by atoms with van der Waals surface area (Å²) in [5, 5.41) is 9.33. The Kier molecular flexibility index (Phi) is 8.15. The van der Waals surface area contributed by atoms with E-state index >= 15 is 0 Å². The molecule has 3 rings (SSSR count). The van der Waals surface area contributed by atoms with Gasteiger partial charge in [-0.3, -0.25) is 0 Å². The van der Waals surface area contributed by atoms with Gasteiger partial charge in [0.1, 0.15) is 11.9 Å². The molecule has 1 aromatic carbocycles. The molecule has 0 spiro atoms. The minimum absolute atomic E-state index is 0.0204. The molecular formula is C25H34N4O5Si. The average Bonchev–Trinajstić information content (AvgIpc) is 3.24. The second-order valence-corrected chi connectivity index (χ2v) is 14.8. The molecule has 2 aromatic rings. The van der Waals surface area contributed by atoms with Crippen molar-refractivity contribution in [3.63, 3.8) is 0 Å². The SMILES string of the molecule is CCOC(=O)c1c(N)nc(-c2cccc(C#N)c2)nc1O[C@@H]1CO[C@H](CO[Si](C)(C)C(C)(C)C)C1. The van der Waals surface area contributed by atoms with Crippen LogP contribution in [0, 0.1) is 11.3 Å². The molecule has 188 valence electrons. The first kappa shape index (κ1) is 26.6. The van der Waals surface area contributed by atoms with Crippen molar-refractivity contribution in [3.05, 3.63) is 35.4 Å². The number of nitrogens with two attached hydrogens (primary N) is 1. The molecule has 9 nitrogen and oxygen atoms in total. The van der Waals surface area contributed by atoms with Crippen LogP contribution in [-0.4, -0.2) is 56.3 Å². The van der Waals surface area contributed by atoms with E-state index < -0.39 is 14.3 Å². The molecule has 2 atom stereocenters. The van der Waals surface area contributed by atoms with Gasteiger partial charge in [0.05, 0.1) is 37.6 Å². The second-order valence-electron chi connectivity index (χ2n) is 10.0. The third-order valence-corrected chi connectivity index (χ3v) is 10.9. The fourth-order valence-electron chi connectivity index (χ4n) is 3.34. The zero-order chi connectivity index (χ0) is 25.8. The van der Waals surface area contributed by atoms with E-state index in [-0.39, 0.29) is 46.9 Å². The Bertz CT molecular complexity index is 1110. The van der Waals surface area contributed by atoms with Crippen LogP contribution in [0.15, 0.2) is 24.3 Å². The first-order valence-electron chi connectivity index (χ1n) is 11.7. The van der Waals surface area contributed by atoms with Crippen molar-refractivity contribution in [2.24, 2.45) is 0 Å². The highest BCUT2D eigenvalue weighted by Crippen LogP contribution is 2.37. The van der Waals surface area contributed by atoms with Gasteiger partial charge in [-0.1, -0.05) is 32.9 Å². The van der Waals surface area contributed by atoms with E-state index in [0.717, 1.165) is 0 Å². The quantitative estimate of drug-likeness (QED) is 0.417. The van der Waals surface area contributed by atoms with Crippen molar-refractivity contribution in [2.75, 3.05) is 25.6 Å². The number of nitrogen functional groups attached to an aromatic ring is 1. The molecule has 35 heavy (non-hydrogen) atoms. The number of esters is 1. The van der Waals surface area contributed by atoms with Crippen LogP contribution in [0.3, 0.4) is 0 Å². The standard InChI is InChI=1S/C25H34N4O5Si/c1-7-31-24(30)20-21(27)28-22(17-10-8-9-16(11-17)13-26)29-23(20)34-19-12-18(32-14-19)15-33-35(5,6)25(2,3)4/h8-11,18-19H,7,12,14-15H2,1-6H3,(H2,27,28,29)/t18-,19-/m0/s1. The molecule has 0 aliphatic carbocycles. The van der Waals surface area contributed by atoms with E-state index in [1.807, 2.05) is 0 Å². The summed E-state index contributed by atoms with van der Waals surface area (Å²) >= 11 is 0. The summed E-state index contributed by atoms with van der Waals surface area (Å²) in [4.78, 5) is 21.4. The number of hydrogen-bond donors (Lipinski definition) is 1. The number of rotatable bonds is 8. The smallest absolute Gasteiger partial charge is 0.347 e. The Morgan fingerprint density at radius 2 is 2.06 bits per heavy atom. The predicted octanol–water partition coefficient (Wildman–Crippen LogP) is 4.33. The number of nitrogens with zero attached hydrogens (tertiary/aromatic N) is 3. The first-order valence-corrected chi connectivity index (χ1v) is 14.6. The lowest BCUT2D eigenvalue weighted by molar-refractivity contribution is 0.0506. The molecule has 0 unspecified atom stereocenters. The molecule has 2 N–H and O–H groups in total. The number of hydrogen-bond acceptors (Lipinski definition) is 9. The number of ether oxygens (including phenoxy) is 3. The molecular weight excluding hydrogens is 464 g/mol. The van der Waals surface area contributed by atoms with Gasteiger partial charge in [-0.15, -0.1) is 0 Å². The van der Waals surface area contributed by atoms with Crippen molar-refractivity contribution >= 4 is 20.1 Å². The van der Waals surface area contributed by atoms with Crippen molar-refractivity contribution in [1.82, 2.24) is 9.97 Å². The van der Waals surface area contributed by atoms with Crippen LogP contribution in [0.25, 0.3) is 11.4 Å². The van der Waals surface area contributed by atoms with Crippen molar-refractivity contribution in [1.29, 1.82) is 5.26 Å². The van der Waals surface area contributed by atoms with Gasteiger partial charge in [0.25, 0.3) is 0 Å². The second kappa shape index (κ2) is 10.7.